The Morgan fingerprint density at radius 2 is 2.32 bits per heavy atom. The summed E-state index contributed by atoms with van der Waals surface area (Å²) in [5.41, 5.74) is 0.414. The average molecular weight is 265 g/mol. The first-order valence-electron chi connectivity index (χ1n) is 6.15. The van der Waals surface area contributed by atoms with Crippen LogP contribution in [0.5, 0.6) is 0 Å². The molecule has 0 fully saturated rings. The van der Waals surface area contributed by atoms with Crippen molar-refractivity contribution in [2.45, 2.75) is 26.3 Å². The summed E-state index contributed by atoms with van der Waals surface area (Å²) in [6, 6.07) is -0.677. The summed E-state index contributed by atoms with van der Waals surface area (Å²) in [6.45, 7) is 3.87. The highest BCUT2D eigenvalue weighted by molar-refractivity contribution is 5.96. The van der Waals surface area contributed by atoms with Crippen LogP contribution in [0.4, 0.5) is 0 Å². The fourth-order valence-electron chi connectivity index (χ4n) is 1.51. The Hall–Kier alpha value is -2.11. The van der Waals surface area contributed by atoms with Gasteiger partial charge in [-0.2, -0.15) is 5.10 Å². The van der Waals surface area contributed by atoms with Crippen molar-refractivity contribution < 1.29 is 14.3 Å². The lowest BCUT2D eigenvalue weighted by Gasteiger charge is -2.15. The van der Waals surface area contributed by atoms with E-state index in [-0.39, 0.29) is 12.5 Å². The third-order valence-corrected chi connectivity index (χ3v) is 2.45. The van der Waals surface area contributed by atoms with E-state index in [1.807, 2.05) is 19.1 Å². The Bertz CT molecular complexity index is 465. The summed E-state index contributed by atoms with van der Waals surface area (Å²) in [6.07, 6.45) is 7.08. The molecule has 1 atom stereocenters. The van der Waals surface area contributed by atoms with Crippen LogP contribution in [0.25, 0.3) is 0 Å². The number of allylic oxidation sites excluding steroid dienone is 1. The monoisotopic (exact) mass is 265 g/mol. The van der Waals surface area contributed by atoms with Crippen LogP contribution in [0.1, 0.15) is 30.6 Å². The van der Waals surface area contributed by atoms with Crippen LogP contribution in [0.3, 0.4) is 0 Å². The summed E-state index contributed by atoms with van der Waals surface area (Å²) in [7, 11) is 1.72. The number of nitrogens with one attached hydrogen (secondary N) is 1. The fourth-order valence-corrected chi connectivity index (χ4v) is 1.51. The van der Waals surface area contributed by atoms with E-state index in [0.29, 0.717) is 12.0 Å². The third-order valence-electron chi connectivity index (χ3n) is 2.45. The molecular weight excluding hydrogens is 246 g/mol. The lowest BCUT2D eigenvalue weighted by molar-refractivity contribution is -0.145. The van der Waals surface area contributed by atoms with E-state index in [1.165, 1.54) is 10.9 Å². The van der Waals surface area contributed by atoms with Crippen molar-refractivity contribution in [1.82, 2.24) is 15.1 Å². The highest BCUT2D eigenvalue weighted by atomic mass is 16.5. The van der Waals surface area contributed by atoms with Gasteiger partial charge in [0.25, 0.3) is 5.91 Å². The first-order chi connectivity index (χ1) is 9.08. The number of hydrogen-bond acceptors (Lipinski definition) is 4. The van der Waals surface area contributed by atoms with E-state index in [9.17, 15) is 9.59 Å². The minimum absolute atomic E-state index is 0.286. The summed E-state index contributed by atoms with van der Waals surface area (Å²) in [5.74, 6) is -0.770. The number of esters is 1. The molecule has 1 heterocycles. The van der Waals surface area contributed by atoms with Crippen molar-refractivity contribution in [1.29, 1.82) is 0 Å². The topological polar surface area (TPSA) is 73.2 Å². The van der Waals surface area contributed by atoms with Crippen molar-refractivity contribution in [2.24, 2.45) is 7.05 Å². The molecule has 0 radical (unpaired) electrons. The first kappa shape index (κ1) is 14.9. The Labute approximate surface area is 112 Å². The summed E-state index contributed by atoms with van der Waals surface area (Å²) in [5, 5.41) is 6.56. The lowest BCUT2D eigenvalue weighted by atomic mass is 10.2. The van der Waals surface area contributed by atoms with Crippen LogP contribution in [0, 0.1) is 0 Å². The molecule has 6 nitrogen and oxygen atoms in total. The molecule has 0 saturated heterocycles. The third kappa shape index (κ3) is 4.57. The van der Waals surface area contributed by atoms with Gasteiger partial charge >= 0.3 is 5.97 Å². The normalized spacial score (nSPS) is 12.4. The van der Waals surface area contributed by atoms with Gasteiger partial charge in [0.1, 0.15) is 6.04 Å². The largest absolute Gasteiger partial charge is 0.464 e. The molecular formula is C13H19N3O3. The summed E-state index contributed by atoms with van der Waals surface area (Å²) in [4.78, 5) is 23.7. The number of hydrogen-bond donors (Lipinski definition) is 1. The van der Waals surface area contributed by atoms with E-state index in [4.69, 9.17) is 4.74 Å². The van der Waals surface area contributed by atoms with Crippen molar-refractivity contribution in [3.63, 3.8) is 0 Å². The van der Waals surface area contributed by atoms with Gasteiger partial charge in [0.2, 0.25) is 0 Å². The number of ether oxygens (including phenoxy) is 1. The molecule has 104 valence electrons. The number of aryl methyl sites for hydroxylation is 1. The van der Waals surface area contributed by atoms with Crippen molar-refractivity contribution in [3.05, 3.63) is 30.1 Å². The van der Waals surface area contributed by atoms with E-state index in [1.54, 1.807) is 20.2 Å². The van der Waals surface area contributed by atoms with Gasteiger partial charge in [-0.05, 0) is 20.3 Å². The number of carbonyl (C=O) groups excluding carboxylic acids is 2. The lowest BCUT2D eigenvalue weighted by Crippen LogP contribution is -2.41. The van der Waals surface area contributed by atoms with Crippen LogP contribution in [-0.4, -0.2) is 34.3 Å². The van der Waals surface area contributed by atoms with Gasteiger partial charge in [-0.1, -0.05) is 12.2 Å². The van der Waals surface area contributed by atoms with Crippen LogP contribution < -0.4 is 5.32 Å². The quantitative estimate of drug-likeness (QED) is 0.616. The van der Waals surface area contributed by atoms with Crippen LogP contribution in [-0.2, 0) is 16.6 Å². The molecule has 0 aromatic carbocycles. The molecule has 1 amide bonds. The predicted octanol–water partition coefficient (Wildman–Crippen LogP) is 1.05. The molecule has 0 spiro atoms. The second-order valence-electron chi connectivity index (χ2n) is 3.99. The molecule has 19 heavy (non-hydrogen) atoms. The first-order valence-corrected chi connectivity index (χ1v) is 6.15. The van der Waals surface area contributed by atoms with Crippen LogP contribution in [0.15, 0.2) is 24.5 Å². The maximum atomic E-state index is 11.9. The number of aromatic nitrogens is 2. The number of carbonyl (C=O) groups is 2. The maximum absolute atomic E-state index is 11.9. The van der Waals surface area contributed by atoms with Gasteiger partial charge in [-0.25, -0.2) is 4.79 Å². The minimum atomic E-state index is -0.677. The maximum Gasteiger partial charge on any atom is 0.328 e. The molecule has 1 rings (SSSR count). The number of amides is 1. The Morgan fingerprint density at radius 3 is 2.84 bits per heavy atom. The zero-order valence-electron chi connectivity index (χ0n) is 11.4. The smallest absolute Gasteiger partial charge is 0.328 e. The molecule has 1 aromatic heterocycles. The van der Waals surface area contributed by atoms with Crippen LogP contribution in [0.2, 0.25) is 0 Å². The number of nitrogens with zero attached hydrogens (tertiary/aromatic N) is 2. The van der Waals surface area contributed by atoms with Crippen molar-refractivity contribution in [2.75, 3.05) is 6.61 Å². The van der Waals surface area contributed by atoms with Crippen molar-refractivity contribution >= 4 is 11.9 Å². The van der Waals surface area contributed by atoms with Gasteiger partial charge in [-0.15, -0.1) is 0 Å². The van der Waals surface area contributed by atoms with E-state index in [2.05, 4.69) is 10.4 Å². The van der Waals surface area contributed by atoms with Gasteiger partial charge < -0.3 is 10.1 Å². The summed E-state index contributed by atoms with van der Waals surface area (Å²) < 4.78 is 6.46. The Morgan fingerprint density at radius 1 is 1.58 bits per heavy atom. The highest BCUT2D eigenvalue weighted by Gasteiger charge is 2.21. The minimum Gasteiger partial charge on any atom is -0.464 e. The standard InChI is InChI=1S/C13H19N3O3/c1-4-6-7-11(13(18)19-5-2)15-12(17)10-8-14-16(3)9-10/h4,6,8-9,11H,5,7H2,1-3H3,(H,15,17). The molecule has 0 aliphatic rings. The number of rotatable bonds is 6. The van der Waals surface area contributed by atoms with Gasteiger partial charge in [0.05, 0.1) is 18.4 Å². The zero-order chi connectivity index (χ0) is 14.3. The highest BCUT2D eigenvalue weighted by Crippen LogP contribution is 2.02. The van der Waals surface area contributed by atoms with E-state index < -0.39 is 12.0 Å². The van der Waals surface area contributed by atoms with Crippen LogP contribution >= 0.6 is 0 Å². The second-order valence-corrected chi connectivity index (χ2v) is 3.99. The Kier molecular flexibility index (Phi) is 5.78. The average Bonchev–Trinajstić information content (AvgIpc) is 2.81. The molecule has 0 saturated carbocycles. The fraction of sp³-hybridized carbons (Fsp3) is 0.462. The molecule has 1 N–H and O–H groups in total. The summed E-state index contributed by atoms with van der Waals surface area (Å²) >= 11 is 0. The predicted molar refractivity (Wildman–Crippen MR) is 70.5 cm³/mol. The molecule has 1 unspecified atom stereocenters. The SMILES string of the molecule is CC=CCC(NC(=O)c1cnn(C)c1)C(=O)OCC. The second kappa shape index (κ2) is 7.35. The molecule has 6 heteroatoms. The van der Waals surface area contributed by atoms with E-state index >= 15 is 0 Å². The Balaban J connectivity index is 2.70. The molecule has 0 aliphatic carbocycles. The van der Waals surface area contributed by atoms with Gasteiger partial charge in [0, 0.05) is 13.2 Å². The van der Waals surface area contributed by atoms with Crippen molar-refractivity contribution in [3.8, 4) is 0 Å². The van der Waals surface area contributed by atoms with Gasteiger partial charge in [-0.3, -0.25) is 9.48 Å². The molecule has 0 aliphatic heterocycles. The molecule has 0 bridgehead atoms. The van der Waals surface area contributed by atoms with Gasteiger partial charge in [0.15, 0.2) is 0 Å². The molecule has 1 aromatic rings. The zero-order valence-corrected chi connectivity index (χ0v) is 11.4. The van der Waals surface area contributed by atoms with E-state index in [0.717, 1.165) is 0 Å².